The van der Waals surface area contributed by atoms with E-state index in [2.05, 4.69) is 25.1 Å². The normalized spacial score (nSPS) is 11.7. The number of ether oxygens (including phenoxy) is 2. The molecule has 10 nitrogen and oxygen atoms in total. The molecule has 3 aromatic heterocycles. The van der Waals surface area contributed by atoms with Gasteiger partial charge in [0.2, 0.25) is 5.16 Å². The van der Waals surface area contributed by atoms with Gasteiger partial charge in [-0.05, 0) is 59.9 Å². The van der Waals surface area contributed by atoms with Crippen molar-refractivity contribution in [1.82, 2.24) is 25.1 Å². The lowest BCUT2D eigenvalue weighted by molar-refractivity contribution is -0.131. The SMILES string of the molecule is COc1cc(OC)cc(-c2nc(S/C(=C\c3ccc(Sc4nc5ccccc5[nH]4)o3)C(=O)O)n[nH]2)c1. The maximum Gasteiger partial charge on any atom is 0.342 e. The standard InChI is InChI=1S/C24H19N5O5S2/c1-32-15-9-13(10-16(11-15)33-2)21-27-24(29-28-21)35-19(22(30)31)12-14-7-8-20(34-14)36-23-25-17-5-3-4-6-18(17)26-23/h3-12H,1-2H3,(H,25,26)(H,30,31)(H,27,28,29)/b19-12-. The van der Waals surface area contributed by atoms with Gasteiger partial charge in [0.1, 0.15) is 22.2 Å². The van der Waals surface area contributed by atoms with Gasteiger partial charge in [0.15, 0.2) is 16.1 Å². The van der Waals surface area contributed by atoms with Crippen molar-refractivity contribution in [2.24, 2.45) is 0 Å². The predicted molar refractivity (Wildman–Crippen MR) is 135 cm³/mol. The van der Waals surface area contributed by atoms with Crippen LogP contribution in [0.5, 0.6) is 11.5 Å². The number of carbonyl (C=O) groups is 1. The van der Waals surface area contributed by atoms with Crippen LogP contribution in [0.3, 0.4) is 0 Å². The molecule has 0 bridgehead atoms. The molecule has 36 heavy (non-hydrogen) atoms. The summed E-state index contributed by atoms with van der Waals surface area (Å²) in [6.45, 7) is 0. The maximum absolute atomic E-state index is 11.9. The molecule has 0 aliphatic rings. The quantitative estimate of drug-likeness (QED) is 0.172. The second-order valence-electron chi connectivity index (χ2n) is 7.30. The zero-order valence-corrected chi connectivity index (χ0v) is 20.6. The Morgan fingerprint density at radius 2 is 1.83 bits per heavy atom. The Balaban J connectivity index is 1.33. The average molecular weight is 522 g/mol. The minimum atomic E-state index is -1.13. The summed E-state index contributed by atoms with van der Waals surface area (Å²) in [5.41, 5.74) is 2.47. The van der Waals surface area contributed by atoms with E-state index in [-0.39, 0.29) is 10.1 Å². The third kappa shape index (κ3) is 5.24. The first-order valence-electron chi connectivity index (χ1n) is 10.5. The molecule has 5 rings (SSSR count). The Labute approximate surface area is 213 Å². The molecule has 0 atom stereocenters. The molecule has 3 heterocycles. The highest BCUT2D eigenvalue weighted by Gasteiger charge is 2.17. The van der Waals surface area contributed by atoms with Crippen molar-refractivity contribution in [2.45, 2.75) is 15.4 Å². The van der Waals surface area contributed by atoms with E-state index in [1.807, 2.05) is 24.3 Å². The van der Waals surface area contributed by atoms with Gasteiger partial charge < -0.3 is 24.0 Å². The first-order chi connectivity index (χ1) is 17.5. The molecule has 5 aromatic rings. The number of H-pyrrole nitrogens is 2. The smallest absolute Gasteiger partial charge is 0.342 e. The molecular formula is C24H19N5O5S2. The molecule has 3 N–H and O–H groups in total. The van der Waals surface area contributed by atoms with Crippen LogP contribution in [-0.4, -0.2) is 50.4 Å². The lowest BCUT2D eigenvalue weighted by Gasteiger charge is -2.06. The minimum absolute atomic E-state index is 0.00147. The number of benzene rings is 2. The van der Waals surface area contributed by atoms with Gasteiger partial charge >= 0.3 is 5.97 Å². The molecule has 0 aliphatic carbocycles. The fourth-order valence-corrected chi connectivity index (χ4v) is 4.72. The number of nitrogens with one attached hydrogen (secondary N) is 2. The molecular weight excluding hydrogens is 502 g/mol. The summed E-state index contributed by atoms with van der Waals surface area (Å²) < 4.78 is 16.4. The van der Waals surface area contributed by atoms with Gasteiger partial charge in [-0.1, -0.05) is 12.1 Å². The fraction of sp³-hybridized carbons (Fsp3) is 0.0833. The Morgan fingerprint density at radius 1 is 1.06 bits per heavy atom. The van der Waals surface area contributed by atoms with Crippen LogP contribution in [0, 0.1) is 0 Å². The van der Waals surface area contributed by atoms with Crippen molar-refractivity contribution in [3.05, 3.63) is 65.3 Å². The van der Waals surface area contributed by atoms with E-state index in [0.29, 0.717) is 38.9 Å². The summed E-state index contributed by atoms with van der Waals surface area (Å²) in [7, 11) is 3.11. The van der Waals surface area contributed by atoms with Crippen LogP contribution in [0.2, 0.25) is 0 Å². The summed E-state index contributed by atoms with van der Waals surface area (Å²) in [6.07, 6.45) is 1.43. The Morgan fingerprint density at radius 3 is 2.56 bits per heavy atom. The number of fused-ring (bicyclic) bond motifs is 1. The van der Waals surface area contributed by atoms with Crippen LogP contribution in [0.25, 0.3) is 28.5 Å². The molecule has 182 valence electrons. The van der Waals surface area contributed by atoms with Crippen molar-refractivity contribution in [3.8, 4) is 22.9 Å². The third-order valence-electron chi connectivity index (χ3n) is 4.94. The molecule has 0 fully saturated rings. The summed E-state index contributed by atoms with van der Waals surface area (Å²) >= 11 is 2.22. The van der Waals surface area contributed by atoms with Crippen molar-refractivity contribution in [3.63, 3.8) is 0 Å². The summed E-state index contributed by atoms with van der Waals surface area (Å²) in [6, 6.07) is 16.5. The number of imidazole rings is 1. The first kappa shape index (κ1) is 23.6. The lowest BCUT2D eigenvalue weighted by atomic mass is 10.2. The molecule has 0 amide bonds. The molecule has 0 spiro atoms. The van der Waals surface area contributed by atoms with Gasteiger partial charge in [0.25, 0.3) is 0 Å². The maximum atomic E-state index is 11.9. The third-order valence-corrected chi connectivity index (χ3v) is 6.63. The zero-order valence-electron chi connectivity index (χ0n) is 19.0. The van der Waals surface area contributed by atoms with Crippen molar-refractivity contribution < 1.29 is 23.8 Å². The fourth-order valence-electron chi connectivity index (χ4n) is 3.27. The number of rotatable bonds is 9. The largest absolute Gasteiger partial charge is 0.497 e. The summed E-state index contributed by atoms with van der Waals surface area (Å²) in [4.78, 5) is 24.0. The van der Waals surface area contributed by atoms with Crippen LogP contribution in [-0.2, 0) is 4.79 Å². The van der Waals surface area contributed by atoms with Gasteiger partial charge in [-0.3, -0.25) is 5.10 Å². The number of methoxy groups -OCH3 is 2. The number of carboxylic acids is 1. The van der Waals surface area contributed by atoms with E-state index in [1.54, 1.807) is 44.6 Å². The number of aliphatic carboxylic acids is 1. The van der Waals surface area contributed by atoms with Gasteiger partial charge in [0.05, 0.1) is 25.3 Å². The number of furan rings is 1. The van der Waals surface area contributed by atoms with Crippen LogP contribution in [0.4, 0.5) is 0 Å². The number of aromatic nitrogens is 5. The average Bonchev–Trinajstić information content (AvgIpc) is 3.63. The molecule has 0 saturated heterocycles. The van der Waals surface area contributed by atoms with Crippen molar-refractivity contribution in [1.29, 1.82) is 0 Å². The van der Waals surface area contributed by atoms with E-state index in [1.165, 1.54) is 17.8 Å². The number of para-hydroxylation sites is 2. The highest BCUT2D eigenvalue weighted by Crippen LogP contribution is 2.33. The molecule has 0 radical (unpaired) electrons. The summed E-state index contributed by atoms with van der Waals surface area (Å²) in [5, 5.41) is 18.2. The van der Waals surface area contributed by atoms with Crippen LogP contribution < -0.4 is 9.47 Å². The van der Waals surface area contributed by atoms with Crippen LogP contribution in [0.15, 0.2) is 79.3 Å². The zero-order chi connectivity index (χ0) is 25.1. The lowest BCUT2D eigenvalue weighted by Crippen LogP contribution is -1.97. The Hall–Kier alpha value is -4.16. The van der Waals surface area contributed by atoms with E-state index in [4.69, 9.17) is 13.9 Å². The minimum Gasteiger partial charge on any atom is -0.497 e. The molecule has 2 aromatic carbocycles. The van der Waals surface area contributed by atoms with Gasteiger partial charge in [-0.2, -0.15) is 0 Å². The second kappa shape index (κ2) is 10.2. The van der Waals surface area contributed by atoms with E-state index >= 15 is 0 Å². The molecule has 0 saturated carbocycles. The monoisotopic (exact) mass is 521 g/mol. The van der Waals surface area contributed by atoms with Gasteiger partial charge in [-0.25, -0.2) is 14.8 Å². The summed E-state index contributed by atoms with van der Waals surface area (Å²) in [5.74, 6) is 0.886. The van der Waals surface area contributed by atoms with E-state index in [9.17, 15) is 9.90 Å². The van der Waals surface area contributed by atoms with Gasteiger partial charge in [0, 0.05) is 17.7 Å². The number of aromatic amines is 2. The van der Waals surface area contributed by atoms with Crippen LogP contribution in [0.1, 0.15) is 5.76 Å². The highest BCUT2D eigenvalue weighted by atomic mass is 32.2. The van der Waals surface area contributed by atoms with Crippen LogP contribution >= 0.6 is 23.5 Å². The Kier molecular flexibility index (Phi) is 6.69. The van der Waals surface area contributed by atoms with E-state index < -0.39 is 5.97 Å². The van der Waals surface area contributed by atoms with Gasteiger partial charge in [-0.15, -0.1) is 5.10 Å². The number of hydrogen-bond acceptors (Lipinski definition) is 9. The first-order valence-corrected chi connectivity index (χ1v) is 12.1. The number of nitrogens with zero attached hydrogens (tertiary/aromatic N) is 3. The second-order valence-corrected chi connectivity index (χ2v) is 9.30. The molecule has 0 unspecified atom stereocenters. The van der Waals surface area contributed by atoms with Crippen molar-refractivity contribution in [2.75, 3.05) is 14.2 Å². The van der Waals surface area contributed by atoms with E-state index in [0.717, 1.165) is 22.8 Å². The molecule has 12 heteroatoms. The number of carboxylic acid groups (broad SMARTS) is 1. The highest BCUT2D eigenvalue weighted by molar-refractivity contribution is 8.04. The number of thioether (sulfide) groups is 1. The topological polar surface area (TPSA) is 139 Å². The Bertz CT molecular complexity index is 1520. The number of hydrogen-bond donors (Lipinski definition) is 3. The predicted octanol–water partition coefficient (Wildman–Crippen LogP) is 5.33. The molecule has 0 aliphatic heterocycles. The van der Waals surface area contributed by atoms with Crippen molar-refractivity contribution >= 4 is 46.6 Å².